The van der Waals surface area contributed by atoms with Crippen molar-refractivity contribution < 1.29 is 9.53 Å². The molecule has 7 nitrogen and oxygen atoms in total. The molecule has 0 aliphatic carbocycles. The van der Waals surface area contributed by atoms with Crippen molar-refractivity contribution in [2.45, 2.75) is 25.3 Å². The first kappa shape index (κ1) is 21.3. The maximum atomic E-state index is 12.6. The van der Waals surface area contributed by atoms with Crippen molar-refractivity contribution in [3.05, 3.63) is 53.5 Å². The molecule has 1 aromatic heterocycles. The molecule has 1 aliphatic rings. The van der Waals surface area contributed by atoms with Gasteiger partial charge >= 0.3 is 0 Å². The van der Waals surface area contributed by atoms with Crippen LogP contribution in [0.3, 0.4) is 0 Å². The summed E-state index contributed by atoms with van der Waals surface area (Å²) in [7, 11) is 3.95. The molecular weight excluding hydrogens is 386 g/mol. The van der Waals surface area contributed by atoms with E-state index >= 15 is 0 Å². The van der Waals surface area contributed by atoms with Gasteiger partial charge in [-0.1, -0.05) is 36.0 Å². The standard InChI is InChI=1S/C21H27N5O2S/c1-21(7-10-29-20(22)25-21)16-6-4-5-15(11-16)12-18(27)17-13-24-19(14-23-17)28-9-8-26(2)3/h4-6,11,13-14H,7-10,12H2,1-3H3,(H2,22,25)/t21-/m0/s1. The minimum Gasteiger partial charge on any atom is -0.475 e. The van der Waals surface area contributed by atoms with Crippen LogP contribution in [0.15, 0.2) is 41.7 Å². The summed E-state index contributed by atoms with van der Waals surface area (Å²) >= 11 is 1.58. The van der Waals surface area contributed by atoms with Gasteiger partial charge in [-0.15, -0.1) is 0 Å². The summed E-state index contributed by atoms with van der Waals surface area (Å²) in [6, 6.07) is 7.99. The zero-order valence-corrected chi connectivity index (χ0v) is 17.9. The van der Waals surface area contributed by atoms with Crippen molar-refractivity contribution in [1.82, 2.24) is 14.9 Å². The van der Waals surface area contributed by atoms with E-state index in [0.29, 0.717) is 23.3 Å². The molecule has 2 N–H and O–H groups in total. The highest BCUT2D eigenvalue weighted by Gasteiger charge is 2.29. The van der Waals surface area contributed by atoms with Crippen LogP contribution in [0.4, 0.5) is 0 Å². The van der Waals surface area contributed by atoms with Crippen molar-refractivity contribution in [3.63, 3.8) is 0 Å². The molecule has 2 heterocycles. The number of Topliss-reactive ketones (excluding diaryl/α,β-unsaturated/α-hetero) is 1. The Morgan fingerprint density at radius 2 is 2.14 bits per heavy atom. The average molecular weight is 414 g/mol. The molecule has 0 unspecified atom stereocenters. The average Bonchev–Trinajstić information content (AvgIpc) is 2.68. The van der Waals surface area contributed by atoms with Gasteiger partial charge in [0.2, 0.25) is 5.88 Å². The molecule has 1 atom stereocenters. The molecule has 0 spiro atoms. The van der Waals surface area contributed by atoms with Crippen molar-refractivity contribution in [1.29, 1.82) is 0 Å². The summed E-state index contributed by atoms with van der Waals surface area (Å²) < 4.78 is 5.52. The first-order valence-corrected chi connectivity index (χ1v) is 10.5. The van der Waals surface area contributed by atoms with Gasteiger partial charge < -0.3 is 15.4 Å². The number of aromatic nitrogens is 2. The van der Waals surface area contributed by atoms with E-state index in [2.05, 4.69) is 21.9 Å². The molecule has 2 aromatic rings. The van der Waals surface area contributed by atoms with Crippen LogP contribution < -0.4 is 10.5 Å². The summed E-state index contributed by atoms with van der Waals surface area (Å²) in [6.45, 7) is 3.39. The van der Waals surface area contributed by atoms with Crippen LogP contribution in [0.2, 0.25) is 0 Å². The van der Waals surface area contributed by atoms with E-state index in [9.17, 15) is 4.79 Å². The Labute approximate surface area is 175 Å². The van der Waals surface area contributed by atoms with E-state index in [1.807, 2.05) is 43.3 Å². The summed E-state index contributed by atoms with van der Waals surface area (Å²) in [5.41, 5.74) is 7.91. The van der Waals surface area contributed by atoms with Crippen LogP contribution in [0.1, 0.15) is 35.0 Å². The SMILES string of the molecule is CN(C)CCOc1cnc(C(=O)Cc2cccc([C@]3(C)CCSC(N)=N3)c2)cn1. The van der Waals surface area contributed by atoms with Crippen LogP contribution in [0.5, 0.6) is 5.88 Å². The van der Waals surface area contributed by atoms with Crippen molar-refractivity contribution in [2.75, 3.05) is 33.0 Å². The third kappa shape index (κ3) is 5.77. The second kappa shape index (κ2) is 9.37. The van der Waals surface area contributed by atoms with E-state index in [0.717, 1.165) is 29.8 Å². The molecule has 0 radical (unpaired) electrons. The van der Waals surface area contributed by atoms with Gasteiger partial charge in [0.1, 0.15) is 12.3 Å². The molecule has 1 aliphatic heterocycles. The predicted octanol–water partition coefficient (Wildman–Crippen LogP) is 2.51. The van der Waals surface area contributed by atoms with Crippen LogP contribution >= 0.6 is 11.8 Å². The molecule has 0 amide bonds. The predicted molar refractivity (Wildman–Crippen MR) is 117 cm³/mol. The number of aliphatic imine (C=N–C) groups is 1. The smallest absolute Gasteiger partial charge is 0.232 e. The molecular formula is C21H27N5O2S. The Bertz CT molecular complexity index is 885. The molecule has 29 heavy (non-hydrogen) atoms. The van der Waals surface area contributed by atoms with Gasteiger partial charge in [0.25, 0.3) is 0 Å². The Balaban J connectivity index is 1.66. The summed E-state index contributed by atoms with van der Waals surface area (Å²) in [4.78, 5) is 27.7. The van der Waals surface area contributed by atoms with Gasteiger partial charge in [0, 0.05) is 18.7 Å². The molecule has 3 rings (SSSR count). The molecule has 8 heteroatoms. The number of ketones is 1. The number of likely N-dealkylation sites (N-methyl/N-ethyl adjacent to an activating group) is 1. The van der Waals surface area contributed by atoms with Gasteiger partial charge in [-0.25, -0.2) is 9.97 Å². The molecule has 1 aromatic carbocycles. The highest BCUT2D eigenvalue weighted by molar-refractivity contribution is 8.13. The van der Waals surface area contributed by atoms with Crippen LogP contribution in [-0.2, 0) is 12.0 Å². The summed E-state index contributed by atoms with van der Waals surface area (Å²) in [5.74, 6) is 1.28. The molecule has 0 bridgehead atoms. The van der Waals surface area contributed by atoms with Crippen LogP contribution in [0, 0.1) is 0 Å². The van der Waals surface area contributed by atoms with E-state index in [1.54, 1.807) is 11.8 Å². The van der Waals surface area contributed by atoms with Gasteiger partial charge in [-0.3, -0.25) is 9.79 Å². The lowest BCUT2D eigenvalue weighted by molar-refractivity contribution is 0.0987. The topological polar surface area (TPSA) is 93.7 Å². The lowest BCUT2D eigenvalue weighted by Crippen LogP contribution is -2.28. The number of ether oxygens (including phenoxy) is 1. The van der Waals surface area contributed by atoms with Gasteiger partial charge in [-0.2, -0.15) is 0 Å². The largest absolute Gasteiger partial charge is 0.475 e. The summed E-state index contributed by atoms with van der Waals surface area (Å²) in [5, 5.41) is 0.614. The van der Waals surface area contributed by atoms with Crippen molar-refractivity contribution in [3.8, 4) is 5.88 Å². The molecule has 0 fully saturated rings. The van der Waals surface area contributed by atoms with E-state index in [-0.39, 0.29) is 17.7 Å². The highest BCUT2D eigenvalue weighted by Crippen LogP contribution is 2.35. The Kier molecular flexibility index (Phi) is 6.87. The zero-order valence-electron chi connectivity index (χ0n) is 17.1. The molecule has 0 saturated heterocycles. The number of benzene rings is 1. The van der Waals surface area contributed by atoms with Crippen LogP contribution in [0.25, 0.3) is 0 Å². The zero-order chi connectivity index (χ0) is 20.9. The number of hydrogen-bond donors (Lipinski definition) is 1. The van der Waals surface area contributed by atoms with Gasteiger partial charge in [0.15, 0.2) is 11.0 Å². The number of nitrogens with two attached hydrogens (primary N) is 1. The molecule has 0 saturated carbocycles. The number of carbonyl (C=O) groups is 1. The monoisotopic (exact) mass is 413 g/mol. The third-order valence-corrected chi connectivity index (χ3v) is 5.61. The van der Waals surface area contributed by atoms with E-state index in [4.69, 9.17) is 10.5 Å². The fourth-order valence-electron chi connectivity index (χ4n) is 3.05. The first-order chi connectivity index (χ1) is 13.9. The van der Waals surface area contributed by atoms with Crippen molar-refractivity contribution in [2.24, 2.45) is 10.7 Å². The minimum atomic E-state index is -0.347. The summed E-state index contributed by atoms with van der Waals surface area (Å²) in [6.07, 6.45) is 4.14. The van der Waals surface area contributed by atoms with Gasteiger partial charge in [-0.05, 0) is 38.6 Å². The second-order valence-corrected chi connectivity index (χ2v) is 8.63. The maximum Gasteiger partial charge on any atom is 0.232 e. The normalized spacial score (nSPS) is 19.1. The molecule has 154 valence electrons. The number of amidine groups is 1. The van der Waals surface area contributed by atoms with Gasteiger partial charge in [0.05, 0.1) is 17.9 Å². The fraction of sp³-hybridized carbons (Fsp3) is 0.429. The lowest BCUT2D eigenvalue weighted by atomic mass is 9.88. The number of carbonyl (C=O) groups excluding carboxylic acids is 1. The van der Waals surface area contributed by atoms with E-state index < -0.39 is 0 Å². The number of thioether (sulfide) groups is 1. The Morgan fingerprint density at radius 1 is 1.31 bits per heavy atom. The lowest BCUT2D eigenvalue weighted by Gasteiger charge is -2.30. The maximum absolute atomic E-state index is 12.6. The highest BCUT2D eigenvalue weighted by atomic mass is 32.2. The third-order valence-electron chi connectivity index (χ3n) is 4.81. The number of nitrogens with zero attached hydrogens (tertiary/aromatic N) is 4. The number of hydrogen-bond acceptors (Lipinski definition) is 8. The van der Waals surface area contributed by atoms with E-state index in [1.165, 1.54) is 12.4 Å². The minimum absolute atomic E-state index is 0.0816. The Hall–Kier alpha value is -2.45. The second-order valence-electron chi connectivity index (χ2n) is 7.51. The van der Waals surface area contributed by atoms with Crippen LogP contribution in [-0.4, -0.2) is 58.8 Å². The van der Waals surface area contributed by atoms with Crippen molar-refractivity contribution >= 4 is 22.7 Å². The Morgan fingerprint density at radius 3 is 2.83 bits per heavy atom. The number of rotatable bonds is 8. The fourth-order valence-corrected chi connectivity index (χ4v) is 4.03. The first-order valence-electron chi connectivity index (χ1n) is 9.56. The quantitative estimate of drug-likeness (QED) is 0.665.